The van der Waals surface area contributed by atoms with Crippen molar-refractivity contribution in [2.75, 3.05) is 0 Å². The van der Waals surface area contributed by atoms with Gasteiger partial charge in [-0.3, -0.25) is 20.4 Å². The molecule has 0 saturated carbocycles. The number of nitrogens with one attached hydrogen (secondary N) is 2. The topological polar surface area (TPSA) is 67.4 Å². The van der Waals surface area contributed by atoms with Crippen LogP contribution in [0.15, 0.2) is 53.0 Å². The quantitative estimate of drug-likeness (QED) is 0.778. The van der Waals surface area contributed by atoms with Crippen molar-refractivity contribution in [2.24, 2.45) is 0 Å². The number of hydrogen-bond donors (Lipinski definition) is 2. The van der Waals surface area contributed by atoms with Gasteiger partial charge in [-0.1, -0.05) is 29.8 Å². The second kappa shape index (κ2) is 7.99. The van der Waals surface area contributed by atoms with Gasteiger partial charge in [0.1, 0.15) is 5.75 Å². The molecule has 0 fully saturated rings. The highest BCUT2D eigenvalue weighted by Gasteiger charge is 2.16. The Morgan fingerprint density at radius 3 is 2.57 bits per heavy atom. The normalized spacial score (nSPS) is 11.4. The molecule has 2 amide bonds. The molecule has 2 N–H and O–H groups in total. The van der Waals surface area contributed by atoms with E-state index < -0.39 is 17.9 Å². The molecule has 0 aliphatic heterocycles. The van der Waals surface area contributed by atoms with Crippen LogP contribution in [0, 0.1) is 0 Å². The van der Waals surface area contributed by atoms with Crippen molar-refractivity contribution in [3.63, 3.8) is 0 Å². The van der Waals surface area contributed by atoms with Gasteiger partial charge in [0.05, 0.1) is 5.56 Å². The van der Waals surface area contributed by atoms with E-state index in [-0.39, 0.29) is 0 Å². The minimum Gasteiger partial charge on any atom is -0.481 e. The maximum Gasteiger partial charge on any atom is 0.279 e. The van der Waals surface area contributed by atoms with Crippen LogP contribution in [0.1, 0.15) is 17.3 Å². The molecule has 0 bridgehead atoms. The Bertz CT molecular complexity index is 724. The van der Waals surface area contributed by atoms with E-state index in [1.165, 1.54) is 0 Å². The lowest BCUT2D eigenvalue weighted by atomic mass is 10.2. The number of benzene rings is 2. The lowest BCUT2D eigenvalue weighted by Crippen LogP contribution is -2.47. The van der Waals surface area contributed by atoms with E-state index in [4.69, 9.17) is 16.3 Å². The molecule has 0 spiro atoms. The molecular weight excluding hydrogens is 384 g/mol. The predicted octanol–water partition coefficient (Wildman–Crippen LogP) is 3.33. The summed E-state index contributed by atoms with van der Waals surface area (Å²) in [5.74, 6) is -0.441. The Labute approximate surface area is 147 Å². The maximum absolute atomic E-state index is 12.0. The van der Waals surface area contributed by atoms with Crippen molar-refractivity contribution in [2.45, 2.75) is 13.0 Å². The first-order valence-corrected chi connectivity index (χ1v) is 7.91. The number of ether oxygens (including phenoxy) is 1. The van der Waals surface area contributed by atoms with Crippen LogP contribution < -0.4 is 15.6 Å². The van der Waals surface area contributed by atoms with Crippen LogP contribution in [-0.2, 0) is 4.79 Å². The Balaban J connectivity index is 1.89. The number of hydrazine groups is 1. The first-order chi connectivity index (χ1) is 11.0. The van der Waals surface area contributed by atoms with Crippen molar-refractivity contribution in [3.8, 4) is 5.75 Å². The highest BCUT2D eigenvalue weighted by molar-refractivity contribution is 9.10. The minimum atomic E-state index is -0.798. The number of halogens is 2. The summed E-state index contributed by atoms with van der Waals surface area (Å²) in [6.45, 7) is 1.57. The average molecular weight is 398 g/mol. The summed E-state index contributed by atoms with van der Waals surface area (Å²) < 4.78 is 6.10. The third-order valence-corrected chi connectivity index (χ3v) is 3.82. The van der Waals surface area contributed by atoms with E-state index in [0.717, 1.165) is 0 Å². The lowest BCUT2D eigenvalue weighted by molar-refractivity contribution is -0.128. The molecule has 0 aliphatic rings. The fraction of sp³-hybridized carbons (Fsp3) is 0.125. The smallest absolute Gasteiger partial charge is 0.279 e. The molecule has 0 aromatic heterocycles. The van der Waals surface area contributed by atoms with Gasteiger partial charge in [-0.05, 0) is 53.2 Å². The summed E-state index contributed by atoms with van der Waals surface area (Å²) in [5, 5.41) is 0.511. The van der Waals surface area contributed by atoms with Crippen molar-refractivity contribution in [1.82, 2.24) is 10.9 Å². The summed E-state index contributed by atoms with van der Waals surface area (Å²) in [6.07, 6.45) is -0.798. The highest BCUT2D eigenvalue weighted by atomic mass is 79.9. The molecule has 2 aromatic rings. The lowest BCUT2D eigenvalue weighted by Gasteiger charge is -2.15. The van der Waals surface area contributed by atoms with Gasteiger partial charge in [0.15, 0.2) is 6.10 Å². The zero-order valence-corrected chi connectivity index (χ0v) is 14.5. The fourth-order valence-corrected chi connectivity index (χ4v) is 2.38. The average Bonchev–Trinajstić information content (AvgIpc) is 2.52. The molecule has 0 aliphatic carbocycles. The van der Waals surface area contributed by atoms with Crippen LogP contribution in [0.2, 0.25) is 5.02 Å². The standard InChI is InChI=1S/C16H14BrClN2O3/c1-10(23-12-6-4-5-11(18)9-12)15(21)19-20-16(22)13-7-2-3-8-14(13)17/h2-10H,1H3,(H,19,21)(H,20,22). The Morgan fingerprint density at radius 1 is 1.13 bits per heavy atom. The van der Waals surface area contributed by atoms with Gasteiger partial charge in [0.25, 0.3) is 11.8 Å². The first kappa shape index (κ1) is 17.3. The largest absolute Gasteiger partial charge is 0.481 e. The third-order valence-electron chi connectivity index (χ3n) is 2.90. The van der Waals surface area contributed by atoms with Crippen molar-refractivity contribution >= 4 is 39.3 Å². The number of amides is 2. The van der Waals surface area contributed by atoms with E-state index in [2.05, 4.69) is 26.8 Å². The monoisotopic (exact) mass is 396 g/mol. The summed E-state index contributed by atoms with van der Waals surface area (Å²) in [7, 11) is 0. The van der Waals surface area contributed by atoms with Gasteiger partial charge in [0, 0.05) is 9.50 Å². The first-order valence-electron chi connectivity index (χ1n) is 6.74. The summed E-state index contributed by atoms with van der Waals surface area (Å²) in [4.78, 5) is 23.9. The maximum atomic E-state index is 12.0. The summed E-state index contributed by atoms with van der Waals surface area (Å²) in [5.41, 5.74) is 5.08. The molecule has 0 heterocycles. The van der Waals surface area contributed by atoms with Gasteiger partial charge in [-0.2, -0.15) is 0 Å². The number of hydrogen-bond acceptors (Lipinski definition) is 3. The highest BCUT2D eigenvalue weighted by Crippen LogP contribution is 2.18. The molecule has 1 atom stereocenters. The second-order valence-electron chi connectivity index (χ2n) is 4.64. The van der Waals surface area contributed by atoms with Gasteiger partial charge < -0.3 is 4.74 Å². The molecule has 23 heavy (non-hydrogen) atoms. The van der Waals surface area contributed by atoms with E-state index in [1.54, 1.807) is 55.5 Å². The molecule has 1 unspecified atom stereocenters. The number of rotatable bonds is 4. The Kier molecular flexibility index (Phi) is 6.01. The van der Waals surface area contributed by atoms with Crippen LogP contribution in [-0.4, -0.2) is 17.9 Å². The van der Waals surface area contributed by atoms with Gasteiger partial charge >= 0.3 is 0 Å². The fourth-order valence-electron chi connectivity index (χ4n) is 1.73. The molecule has 7 heteroatoms. The minimum absolute atomic E-state index is 0.413. The van der Waals surface area contributed by atoms with Crippen LogP contribution >= 0.6 is 27.5 Å². The molecule has 0 saturated heterocycles. The van der Waals surface area contributed by atoms with Crippen LogP contribution in [0.5, 0.6) is 5.75 Å². The third kappa shape index (κ3) is 4.97. The Hall–Kier alpha value is -2.05. The molecule has 2 aromatic carbocycles. The van der Waals surface area contributed by atoms with E-state index >= 15 is 0 Å². The molecule has 120 valence electrons. The van der Waals surface area contributed by atoms with Crippen molar-refractivity contribution in [1.29, 1.82) is 0 Å². The molecular formula is C16H14BrClN2O3. The molecule has 2 rings (SSSR count). The van der Waals surface area contributed by atoms with Crippen LogP contribution in [0.3, 0.4) is 0 Å². The second-order valence-corrected chi connectivity index (χ2v) is 5.93. The van der Waals surface area contributed by atoms with Crippen LogP contribution in [0.4, 0.5) is 0 Å². The Morgan fingerprint density at radius 2 is 1.87 bits per heavy atom. The van der Waals surface area contributed by atoms with E-state index in [1.807, 2.05) is 0 Å². The SMILES string of the molecule is CC(Oc1cccc(Cl)c1)C(=O)NNC(=O)c1ccccc1Br. The van der Waals surface area contributed by atoms with Crippen molar-refractivity contribution in [3.05, 3.63) is 63.6 Å². The zero-order chi connectivity index (χ0) is 16.8. The van der Waals surface area contributed by atoms with Gasteiger partial charge in [-0.15, -0.1) is 0 Å². The molecule has 5 nitrogen and oxygen atoms in total. The van der Waals surface area contributed by atoms with Gasteiger partial charge in [-0.25, -0.2) is 0 Å². The summed E-state index contributed by atoms with van der Waals surface area (Å²) in [6, 6.07) is 13.6. The predicted molar refractivity (Wildman–Crippen MR) is 91.3 cm³/mol. The van der Waals surface area contributed by atoms with Crippen molar-refractivity contribution < 1.29 is 14.3 Å². The van der Waals surface area contributed by atoms with E-state index in [0.29, 0.717) is 20.8 Å². The van der Waals surface area contributed by atoms with E-state index in [9.17, 15) is 9.59 Å². The molecule has 0 radical (unpaired) electrons. The summed E-state index contributed by atoms with van der Waals surface area (Å²) >= 11 is 9.12. The van der Waals surface area contributed by atoms with Gasteiger partial charge in [0.2, 0.25) is 0 Å². The number of carbonyl (C=O) groups excluding carboxylic acids is 2. The number of carbonyl (C=O) groups is 2. The zero-order valence-electron chi connectivity index (χ0n) is 12.2. The van der Waals surface area contributed by atoms with Crippen LogP contribution in [0.25, 0.3) is 0 Å².